The maximum absolute atomic E-state index is 10.4. The fraction of sp³-hybridized carbons (Fsp3) is 0.467. The van der Waals surface area contributed by atoms with Gasteiger partial charge in [0.1, 0.15) is 18.4 Å². The molecule has 0 aliphatic heterocycles. The van der Waals surface area contributed by atoms with Gasteiger partial charge in [0, 0.05) is 10.4 Å². The molecule has 6 heteroatoms. The number of aryl methyl sites for hydroxylation is 1. The number of hydrogen-bond acceptors (Lipinski definition) is 4. The summed E-state index contributed by atoms with van der Waals surface area (Å²) in [7, 11) is 0. The van der Waals surface area contributed by atoms with Gasteiger partial charge in [-0.1, -0.05) is 25.4 Å². The van der Waals surface area contributed by atoms with Crippen molar-refractivity contribution in [3.8, 4) is 5.75 Å². The molecule has 21 heavy (non-hydrogen) atoms. The van der Waals surface area contributed by atoms with Gasteiger partial charge in [0.05, 0.1) is 19.3 Å². The quantitative estimate of drug-likeness (QED) is 0.891. The summed E-state index contributed by atoms with van der Waals surface area (Å²) >= 11 is 5.93. The van der Waals surface area contributed by atoms with Gasteiger partial charge in [-0.3, -0.25) is 4.68 Å². The molecule has 1 unspecified atom stereocenters. The molecule has 1 heterocycles. The minimum Gasteiger partial charge on any atom is -0.493 e. The lowest BCUT2D eigenvalue weighted by Crippen LogP contribution is -2.38. The molecular formula is C15H20ClN3O2. The Morgan fingerprint density at radius 1 is 1.43 bits per heavy atom. The van der Waals surface area contributed by atoms with Gasteiger partial charge in [-0.05, 0) is 30.7 Å². The lowest BCUT2D eigenvalue weighted by atomic mass is 9.87. The summed E-state index contributed by atoms with van der Waals surface area (Å²) in [4.78, 5) is 3.87. The van der Waals surface area contributed by atoms with E-state index in [-0.39, 0.29) is 0 Å². The van der Waals surface area contributed by atoms with Crippen LogP contribution in [0, 0.1) is 12.3 Å². The number of hydrogen-bond donors (Lipinski definition) is 1. The standard InChI is InChI=1S/C15H20ClN3O2/c1-11-6-12(16)4-5-13(11)21-8-15(2,3)14(20)7-19-10-17-9-18-19/h4-6,9-10,14,20H,7-8H2,1-3H3. The second kappa shape index (κ2) is 6.45. The Balaban J connectivity index is 1.96. The van der Waals surface area contributed by atoms with E-state index >= 15 is 0 Å². The van der Waals surface area contributed by atoms with Crippen molar-refractivity contribution in [2.75, 3.05) is 6.61 Å². The maximum Gasteiger partial charge on any atom is 0.137 e. The van der Waals surface area contributed by atoms with E-state index in [9.17, 15) is 5.11 Å². The van der Waals surface area contributed by atoms with Crippen LogP contribution >= 0.6 is 11.6 Å². The predicted octanol–water partition coefficient (Wildman–Crippen LogP) is 2.71. The van der Waals surface area contributed by atoms with Crippen LogP contribution in [-0.4, -0.2) is 32.6 Å². The molecule has 0 aliphatic carbocycles. The summed E-state index contributed by atoms with van der Waals surface area (Å²) in [5.41, 5.74) is 0.557. The van der Waals surface area contributed by atoms with Crippen molar-refractivity contribution < 1.29 is 9.84 Å². The first-order valence-corrected chi connectivity index (χ1v) is 7.16. The van der Waals surface area contributed by atoms with E-state index in [0.717, 1.165) is 11.3 Å². The molecule has 0 bridgehead atoms. The zero-order valence-corrected chi connectivity index (χ0v) is 13.2. The minimum atomic E-state index is -0.591. The Labute approximate surface area is 129 Å². The summed E-state index contributed by atoms with van der Waals surface area (Å²) in [6.45, 7) is 6.64. The Kier molecular flexibility index (Phi) is 4.85. The smallest absolute Gasteiger partial charge is 0.137 e. The molecule has 1 atom stereocenters. The van der Waals surface area contributed by atoms with Crippen LogP contribution < -0.4 is 4.74 Å². The highest BCUT2D eigenvalue weighted by molar-refractivity contribution is 6.30. The number of ether oxygens (including phenoxy) is 1. The highest BCUT2D eigenvalue weighted by Gasteiger charge is 2.29. The Morgan fingerprint density at radius 3 is 2.81 bits per heavy atom. The zero-order valence-electron chi connectivity index (χ0n) is 12.5. The summed E-state index contributed by atoms with van der Waals surface area (Å²) in [5.74, 6) is 0.778. The Hall–Kier alpha value is -1.59. The van der Waals surface area contributed by atoms with E-state index in [4.69, 9.17) is 16.3 Å². The van der Waals surface area contributed by atoms with Gasteiger partial charge >= 0.3 is 0 Å². The fourth-order valence-electron chi connectivity index (χ4n) is 1.89. The van der Waals surface area contributed by atoms with Crippen molar-refractivity contribution in [3.63, 3.8) is 0 Å². The van der Waals surface area contributed by atoms with Crippen molar-refractivity contribution in [2.24, 2.45) is 5.41 Å². The van der Waals surface area contributed by atoms with E-state index in [2.05, 4.69) is 10.1 Å². The first-order valence-electron chi connectivity index (χ1n) is 6.78. The molecular weight excluding hydrogens is 290 g/mol. The Bertz CT molecular complexity index is 585. The lowest BCUT2D eigenvalue weighted by molar-refractivity contribution is 0.00229. The number of rotatable bonds is 6. The number of aliphatic hydroxyl groups excluding tert-OH is 1. The van der Waals surface area contributed by atoms with Crippen LogP contribution in [0.15, 0.2) is 30.9 Å². The average Bonchev–Trinajstić information content (AvgIpc) is 2.90. The van der Waals surface area contributed by atoms with E-state index in [0.29, 0.717) is 18.2 Å². The van der Waals surface area contributed by atoms with Crippen molar-refractivity contribution in [3.05, 3.63) is 41.4 Å². The molecule has 1 aromatic carbocycles. The SMILES string of the molecule is Cc1cc(Cl)ccc1OCC(C)(C)C(O)Cn1cncn1. The molecule has 0 spiro atoms. The lowest BCUT2D eigenvalue weighted by Gasteiger charge is -2.30. The first kappa shape index (κ1) is 15.8. The summed E-state index contributed by atoms with van der Waals surface area (Å²) in [6, 6.07) is 5.50. The number of aliphatic hydroxyl groups is 1. The topological polar surface area (TPSA) is 60.2 Å². The maximum atomic E-state index is 10.4. The molecule has 0 amide bonds. The third-order valence-corrected chi connectivity index (χ3v) is 3.70. The minimum absolute atomic E-state index is 0.385. The first-order chi connectivity index (χ1) is 9.88. The van der Waals surface area contributed by atoms with Gasteiger partial charge in [0.2, 0.25) is 0 Å². The van der Waals surface area contributed by atoms with Crippen LogP contribution in [0.5, 0.6) is 5.75 Å². The molecule has 5 nitrogen and oxygen atoms in total. The highest BCUT2D eigenvalue weighted by atomic mass is 35.5. The number of halogens is 1. The van der Waals surface area contributed by atoms with Gasteiger partial charge < -0.3 is 9.84 Å². The summed E-state index contributed by atoms with van der Waals surface area (Å²) < 4.78 is 7.44. The summed E-state index contributed by atoms with van der Waals surface area (Å²) in [5, 5.41) is 15.0. The van der Waals surface area contributed by atoms with Crippen LogP contribution in [0.2, 0.25) is 5.02 Å². The van der Waals surface area contributed by atoms with Crippen molar-refractivity contribution in [2.45, 2.75) is 33.4 Å². The van der Waals surface area contributed by atoms with E-state index < -0.39 is 11.5 Å². The van der Waals surface area contributed by atoms with Gasteiger partial charge in [-0.15, -0.1) is 0 Å². The van der Waals surface area contributed by atoms with Crippen molar-refractivity contribution >= 4 is 11.6 Å². The van der Waals surface area contributed by atoms with Gasteiger partial charge in [-0.2, -0.15) is 5.10 Å². The Morgan fingerprint density at radius 2 is 2.19 bits per heavy atom. The van der Waals surface area contributed by atoms with E-state index in [1.54, 1.807) is 17.1 Å². The molecule has 0 aliphatic rings. The number of aromatic nitrogens is 3. The highest BCUT2D eigenvalue weighted by Crippen LogP contribution is 2.27. The number of benzene rings is 1. The van der Waals surface area contributed by atoms with Crippen LogP contribution in [-0.2, 0) is 6.54 Å². The molecule has 0 saturated carbocycles. The van der Waals surface area contributed by atoms with Gasteiger partial charge in [0.25, 0.3) is 0 Å². The van der Waals surface area contributed by atoms with Crippen LogP contribution in [0.3, 0.4) is 0 Å². The monoisotopic (exact) mass is 309 g/mol. The van der Waals surface area contributed by atoms with Crippen LogP contribution in [0.4, 0.5) is 0 Å². The molecule has 114 valence electrons. The number of nitrogens with zero attached hydrogens (tertiary/aromatic N) is 3. The third-order valence-electron chi connectivity index (χ3n) is 3.47. The average molecular weight is 310 g/mol. The zero-order chi connectivity index (χ0) is 15.5. The molecule has 0 radical (unpaired) electrons. The van der Waals surface area contributed by atoms with Gasteiger partial charge in [-0.25, -0.2) is 4.98 Å². The third kappa shape index (κ3) is 4.19. The molecule has 0 fully saturated rings. The van der Waals surface area contributed by atoms with Crippen molar-refractivity contribution in [1.29, 1.82) is 0 Å². The summed E-state index contributed by atoms with van der Waals surface area (Å²) in [6.07, 6.45) is 2.45. The molecule has 2 rings (SSSR count). The molecule has 0 saturated heterocycles. The largest absolute Gasteiger partial charge is 0.493 e. The van der Waals surface area contributed by atoms with Crippen LogP contribution in [0.1, 0.15) is 19.4 Å². The van der Waals surface area contributed by atoms with Gasteiger partial charge in [0.15, 0.2) is 0 Å². The second-order valence-corrected chi connectivity index (χ2v) is 6.26. The molecule has 1 N–H and O–H groups in total. The normalized spacial score (nSPS) is 13.2. The second-order valence-electron chi connectivity index (χ2n) is 5.82. The molecule has 1 aromatic heterocycles. The fourth-order valence-corrected chi connectivity index (χ4v) is 2.11. The van der Waals surface area contributed by atoms with Crippen LogP contribution in [0.25, 0.3) is 0 Å². The van der Waals surface area contributed by atoms with E-state index in [1.807, 2.05) is 32.9 Å². The van der Waals surface area contributed by atoms with E-state index in [1.165, 1.54) is 6.33 Å². The predicted molar refractivity (Wildman–Crippen MR) is 81.5 cm³/mol. The van der Waals surface area contributed by atoms with Crippen molar-refractivity contribution in [1.82, 2.24) is 14.8 Å². The molecule has 2 aromatic rings.